The van der Waals surface area contributed by atoms with Crippen LogP contribution in [-0.4, -0.2) is 19.4 Å². The van der Waals surface area contributed by atoms with Gasteiger partial charge in [0.2, 0.25) is 10.0 Å². The van der Waals surface area contributed by atoms with Gasteiger partial charge in [-0.3, -0.25) is 4.98 Å². The molecule has 2 aromatic heterocycles. The van der Waals surface area contributed by atoms with Gasteiger partial charge in [0, 0.05) is 23.3 Å². The Bertz CT molecular complexity index is 639. The SMILES string of the molecule is CC(Cc1cccs1)NS(=O)(=O)c1cnccc1N. The highest BCUT2D eigenvalue weighted by atomic mass is 32.2. The molecular weight excluding hydrogens is 282 g/mol. The minimum Gasteiger partial charge on any atom is -0.398 e. The minimum absolute atomic E-state index is 0.0213. The number of hydrogen-bond acceptors (Lipinski definition) is 5. The predicted molar refractivity (Wildman–Crippen MR) is 76.5 cm³/mol. The molecule has 19 heavy (non-hydrogen) atoms. The van der Waals surface area contributed by atoms with E-state index in [0.717, 1.165) is 4.88 Å². The number of nitrogens with one attached hydrogen (secondary N) is 1. The summed E-state index contributed by atoms with van der Waals surface area (Å²) in [7, 11) is -3.63. The summed E-state index contributed by atoms with van der Waals surface area (Å²) in [4.78, 5) is 4.95. The van der Waals surface area contributed by atoms with Crippen molar-refractivity contribution in [1.29, 1.82) is 0 Å². The fraction of sp³-hybridized carbons (Fsp3) is 0.250. The second kappa shape index (κ2) is 5.68. The van der Waals surface area contributed by atoms with Gasteiger partial charge in [0.05, 0.1) is 5.69 Å². The van der Waals surface area contributed by atoms with Crippen LogP contribution in [0.5, 0.6) is 0 Å². The molecule has 7 heteroatoms. The Morgan fingerprint density at radius 1 is 1.47 bits per heavy atom. The molecule has 2 aromatic rings. The molecule has 102 valence electrons. The Morgan fingerprint density at radius 3 is 2.89 bits per heavy atom. The molecule has 0 fully saturated rings. The molecule has 1 unspecified atom stereocenters. The van der Waals surface area contributed by atoms with Crippen LogP contribution in [0.2, 0.25) is 0 Å². The summed E-state index contributed by atoms with van der Waals surface area (Å²) in [5.41, 5.74) is 5.86. The van der Waals surface area contributed by atoms with Crippen LogP contribution >= 0.6 is 11.3 Å². The summed E-state index contributed by atoms with van der Waals surface area (Å²) >= 11 is 1.60. The maximum Gasteiger partial charge on any atom is 0.244 e. The first-order chi connectivity index (χ1) is 8.99. The van der Waals surface area contributed by atoms with Gasteiger partial charge in [-0.25, -0.2) is 13.1 Å². The summed E-state index contributed by atoms with van der Waals surface area (Å²) < 4.78 is 26.9. The average molecular weight is 297 g/mol. The second-order valence-corrected chi connectivity index (χ2v) is 6.93. The zero-order chi connectivity index (χ0) is 13.9. The molecule has 0 aliphatic carbocycles. The van der Waals surface area contributed by atoms with Crippen molar-refractivity contribution in [2.24, 2.45) is 0 Å². The molecule has 5 nitrogen and oxygen atoms in total. The van der Waals surface area contributed by atoms with E-state index >= 15 is 0 Å². The van der Waals surface area contributed by atoms with E-state index in [0.29, 0.717) is 6.42 Å². The second-order valence-electron chi connectivity index (χ2n) is 4.22. The van der Waals surface area contributed by atoms with Crippen molar-refractivity contribution < 1.29 is 8.42 Å². The zero-order valence-corrected chi connectivity index (χ0v) is 12.0. The van der Waals surface area contributed by atoms with E-state index in [1.54, 1.807) is 11.3 Å². The molecule has 1 atom stereocenters. The lowest BCUT2D eigenvalue weighted by atomic mass is 10.2. The van der Waals surface area contributed by atoms with Crippen LogP contribution in [0.4, 0.5) is 5.69 Å². The van der Waals surface area contributed by atoms with Gasteiger partial charge in [-0.15, -0.1) is 11.3 Å². The molecule has 0 radical (unpaired) electrons. The standard InChI is InChI=1S/C12H15N3O2S2/c1-9(7-10-3-2-6-18-10)15-19(16,17)12-8-14-5-4-11(12)13/h2-6,8-9,15H,7H2,1H3,(H2,13,14). The third-order valence-corrected chi connectivity index (χ3v) is 5.08. The largest absolute Gasteiger partial charge is 0.398 e. The molecule has 2 heterocycles. The molecule has 0 amide bonds. The van der Waals surface area contributed by atoms with Gasteiger partial charge in [-0.2, -0.15) is 0 Å². The van der Waals surface area contributed by atoms with Gasteiger partial charge in [0.25, 0.3) is 0 Å². The van der Waals surface area contributed by atoms with Crippen LogP contribution in [0, 0.1) is 0 Å². The first-order valence-electron chi connectivity index (χ1n) is 5.73. The van der Waals surface area contributed by atoms with Crippen molar-refractivity contribution in [2.75, 3.05) is 5.73 Å². The zero-order valence-electron chi connectivity index (χ0n) is 10.4. The van der Waals surface area contributed by atoms with Crippen molar-refractivity contribution in [3.8, 4) is 0 Å². The van der Waals surface area contributed by atoms with Crippen LogP contribution in [0.15, 0.2) is 40.9 Å². The molecule has 0 aliphatic rings. The van der Waals surface area contributed by atoms with Crippen molar-refractivity contribution >= 4 is 27.0 Å². The number of sulfonamides is 1. The Hall–Kier alpha value is -1.44. The van der Waals surface area contributed by atoms with E-state index in [9.17, 15) is 8.42 Å². The predicted octanol–water partition coefficient (Wildman–Crippen LogP) is 1.63. The monoisotopic (exact) mass is 297 g/mol. The van der Waals surface area contributed by atoms with Gasteiger partial charge < -0.3 is 5.73 Å². The Kier molecular flexibility index (Phi) is 4.18. The lowest BCUT2D eigenvalue weighted by molar-refractivity contribution is 0.561. The van der Waals surface area contributed by atoms with Crippen molar-refractivity contribution in [3.05, 3.63) is 40.8 Å². The first kappa shape index (κ1) is 14.0. The van der Waals surface area contributed by atoms with Crippen molar-refractivity contribution in [2.45, 2.75) is 24.3 Å². The molecular formula is C12H15N3O2S2. The maximum absolute atomic E-state index is 12.2. The number of aromatic nitrogens is 1. The van der Waals surface area contributed by atoms with E-state index in [1.807, 2.05) is 24.4 Å². The lowest BCUT2D eigenvalue weighted by Gasteiger charge is -2.14. The topological polar surface area (TPSA) is 85.1 Å². The van der Waals surface area contributed by atoms with Gasteiger partial charge in [-0.05, 0) is 30.9 Å². The van der Waals surface area contributed by atoms with E-state index in [4.69, 9.17) is 5.73 Å². The first-order valence-corrected chi connectivity index (χ1v) is 8.09. The normalized spacial score (nSPS) is 13.3. The van der Waals surface area contributed by atoms with E-state index in [2.05, 4.69) is 9.71 Å². The molecule has 0 aromatic carbocycles. The summed E-state index contributed by atoms with van der Waals surface area (Å²) in [6.45, 7) is 1.82. The highest BCUT2D eigenvalue weighted by molar-refractivity contribution is 7.89. The highest BCUT2D eigenvalue weighted by Gasteiger charge is 2.20. The summed E-state index contributed by atoms with van der Waals surface area (Å²) in [5.74, 6) is 0. The number of nitrogens with two attached hydrogens (primary N) is 1. The Morgan fingerprint density at radius 2 is 2.26 bits per heavy atom. The van der Waals surface area contributed by atoms with Gasteiger partial charge >= 0.3 is 0 Å². The van der Waals surface area contributed by atoms with E-state index in [1.165, 1.54) is 18.5 Å². The molecule has 3 N–H and O–H groups in total. The summed E-state index contributed by atoms with van der Waals surface area (Å²) in [5, 5.41) is 1.97. The maximum atomic E-state index is 12.2. The van der Waals surface area contributed by atoms with Crippen LogP contribution in [-0.2, 0) is 16.4 Å². The fourth-order valence-electron chi connectivity index (χ4n) is 1.72. The summed E-state index contributed by atoms with van der Waals surface area (Å²) in [6, 6.07) is 5.19. The van der Waals surface area contributed by atoms with E-state index in [-0.39, 0.29) is 16.6 Å². The molecule has 0 spiro atoms. The number of nitrogens with zero attached hydrogens (tertiary/aromatic N) is 1. The molecule has 0 saturated heterocycles. The molecule has 0 saturated carbocycles. The highest BCUT2D eigenvalue weighted by Crippen LogP contribution is 2.17. The van der Waals surface area contributed by atoms with Crippen LogP contribution in [0.1, 0.15) is 11.8 Å². The van der Waals surface area contributed by atoms with Gasteiger partial charge in [0.15, 0.2) is 0 Å². The minimum atomic E-state index is -3.63. The van der Waals surface area contributed by atoms with Gasteiger partial charge in [-0.1, -0.05) is 6.07 Å². The average Bonchev–Trinajstić information content (AvgIpc) is 2.81. The van der Waals surface area contributed by atoms with Crippen LogP contribution in [0.3, 0.4) is 0 Å². The molecule has 2 rings (SSSR count). The molecule has 0 aliphatic heterocycles. The quantitative estimate of drug-likeness (QED) is 0.878. The van der Waals surface area contributed by atoms with Crippen LogP contribution < -0.4 is 10.5 Å². The number of rotatable bonds is 5. The summed E-state index contributed by atoms with van der Waals surface area (Å²) in [6.07, 6.45) is 3.37. The Labute approximate surface area is 116 Å². The third-order valence-electron chi connectivity index (χ3n) is 2.55. The van der Waals surface area contributed by atoms with Crippen molar-refractivity contribution in [3.63, 3.8) is 0 Å². The number of nitrogen functional groups attached to an aromatic ring is 1. The van der Waals surface area contributed by atoms with E-state index < -0.39 is 10.0 Å². The number of thiophene rings is 1. The lowest BCUT2D eigenvalue weighted by Crippen LogP contribution is -2.34. The number of hydrogen-bond donors (Lipinski definition) is 2. The van der Waals surface area contributed by atoms with Crippen molar-refractivity contribution in [1.82, 2.24) is 9.71 Å². The van der Waals surface area contributed by atoms with Gasteiger partial charge in [0.1, 0.15) is 4.90 Å². The molecule has 0 bridgehead atoms. The number of anilines is 1. The van der Waals surface area contributed by atoms with Crippen LogP contribution in [0.25, 0.3) is 0 Å². The third kappa shape index (κ3) is 3.52. The Balaban J connectivity index is 2.11. The number of pyridine rings is 1. The fourth-order valence-corrected chi connectivity index (χ4v) is 3.87. The smallest absolute Gasteiger partial charge is 0.244 e.